The predicted molar refractivity (Wildman–Crippen MR) is 543 cm³/mol. The van der Waals surface area contributed by atoms with E-state index in [1.807, 2.05) is 36.4 Å². The summed E-state index contributed by atoms with van der Waals surface area (Å²) < 4.78 is 9.47. The molecule has 0 saturated carbocycles. The summed E-state index contributed by atoms with van der Waals surface area (Å²) in [7, 11) is 0. The SMILES string of the molecule is Cc1cc(C)cc(-c2ccc3c(c2)c2cc(-c4cc(C)cc(C)c4)ccc2n3-c2cc(-c3cccc(C#N)c3)c(-n3c4ccc(-c5cc(C)cc(C)c5)cc4c4cc(-c5cc(C)cc(CCc6cc(C)cc(C)c6-c6ccc7c8ccccc8n(-c8cnc(-n9c%10ccccc%10c%10ccc(-c%11c(C)cc(C)cc%11C)cc%109)cc8-c8cccc(C#N)c8)c7c6)c5)ccc43)cn2)c1. The second-order valence-corrected chi connectivity index (χ2v) is 36.5. The van der Waals surface area contributed by atoms with Gasteiger partial charge in [-0.05, 0) is 311 Å². The summed E-state index contributed by atoms with van der Waals surface area (Å²) in [5.41, 5.74) is 46.5. The van der Waals surface area contributed by atoms with E-state index >= 15 is 0 Å². The van der Waals surface area contributed by atoms with E-state index in [9.17, 15) is 10.5 Å². The molecule has 0 amide bonds. The number of pyridine rings is 2. The van der Waals surface area contributed by atoms with Crippen LogP contribution in [0.25, 0.3) is 199 Å². The zero-order chi connectivity index (χ0) is 88.8. The van der Waals surface area contributed by atoms with Gasteiger partial charge in [-0.25, -0.2) is 9.97 Å². The van der Waals surface area contributed by atoms with Crippen LogP contribution in [0.4, 0.5) is 0 Å². The minimum atomic E-state index is 0.578. The quantitative estimate of drug-likeness (QED) is 0.102. The third-order valence-electron chi connectivity index (χ3n) is 26.8. The summed E-state index contributed by atoms with van der Waals surface area (Å²) >= 11 is 0. The number of rotatable bonds is 15. The number of fused-ring (bicyclic) bond motifs is 12. The lowest BCUT2D eigenvalue weighted by molar-refractivity contribution is 0.956. The Morgan fingerprint density at radius 3 is 1.02 bits per heavy atom. The predicted octanol–water partition coefficient (Wildman–Crippen LogP) is 31.4. The molecule has 0 aliphatic rings. The molecule has 22 aromatic rings. The van der Waals surface area contributed by atoms with Gasteiger partial charge in [0.1, 0.15) is 11.6 Å². The molecule has 8 heteroatoms. The van der Waals surface area contributed by atoms with Crippen molar-refractivity contribution in [2.75, 3.05) is 0 Å². The molecule has 8 nitrogen and oxygen atoms in total. The van der Waals surface area contributed by atoms with Gasteiger partial charge in [0.05, 0.1) is 91.2 Å². The van der Waals surface area contributed by atoms with E-state index in [4.69, 9.17) is 9.97 Å². The minimum absolute atomic E-state index is 0.578. The summed E-state index contributed by atoms with van der Waals surface area (Å²) in [4.78, 5) is 11.2. The van der Waals surface area contributed by atoms with Crippen LogP contribution in [-0.4, -0.2) is 28.2 Å². The fraction of sp³-hybridized carbons (Fsp3) is 0.115. The van der Waals surface area contributed by atoms with Crippen LogP contribution in [0, 0.1) is 106 Å². The van der Waals surface area contributed by atoms with E-state index in [1.54, 1.807) is 0 Å². The number of benzene rings is 16. The molecule has 0 atom stereocenters. The summed E-state index contributed by atoms with van der Waals surface area (Å²) in [6.45, 7) is 26.4. The van der Waals surface area contributed by atoms with Crippen molar-refractivity contribution in [2.24, 2.45) is 0 Å². The van der Waals surface area contributed by atoms with Gasteiger partial charge in [-0.3, -0.25) is 9.13 Å². The molecule has 0 spiro atoms. The molecular weight excluding hydrogens is 1580 g/mol. The molecule has 622 valence electrons. The molecule has 0 fully saturated rings. The van der Waals surface area contributed by atoms with Gasteiger partial charge >= 0.3 is 0 Å². The Bertz CT molecular complexity index is 8470. The van der Waals surface area contributed by atoms with E-state index in [0.29, 0.717) is 11.1 Å². The molecule has 0 saturated heterocycles. The fourth-order valence-corrected chi connectivity index (χ4v) is 21.7. The minimum Gasteiger partial charge on any atom is -0.307 e. The first-order valence-electron chi connectivity index (χ1n) is 45.0. The van der Waals surface area contributed by atoms with Crippen molar-refractivity contribution >= 4 is 87.2 Å². The van der Waals surface area contributed by atoms with Gasteiger partial charge in [-0.1, -0.05) is 256 Å². The second-order valence-electron chi connectivity index (χ2n) is 36.5. The molecular formula is C122H94N8. The average Bonchev–Trinajstić information content (AvgIpc) is 1.56. The molecule has 16 aromatic carbocycles. The first kappa shape index (κ1) is 79.9. The lowest BCUT2D eigenvalue weighted by Gasteiger charge is -2.18. The number of nitrogens with zero attached hydrogens (tertiary/aromatic N) is 8. The number of aromatic nitrogens is 6. The van der Waals surface area contributed by atoms with E-state index < -0.39 is 0 Å². The normalized spacial score (nSPS) is 11.7. The van der Waals surface area contributed by atoms with Gasteiger partial charge in [0.15, 0.2) is 0 Å². The van der Waals surface area contributed by atoms with Gasteiger partial charge in [0.25, 0.3) is 0 Å². The maximum absolute atomic E-state index is 10.7. The van der Waals surface area contributed by atoms with Crippen LogP contribution < -0.4 is 0 Å². The van der Waals surface area contributed by atoms with Crippen molar-refractivity contribution in [3.8, 4) is 124 Å². The highest BCUT2D eigenvalue weighted by atomic mass is 15.1. The summed E-state index contributed by atoms with van der Waals surface area (Å²) in [5.74, 6) is 1.55. The van der Waals surface area contributed by atoms with Gasteiger partial charge in [-0.15, -0.1) is 0 Å². The second kappa shape index (κ2) is 31.5. The molecule has 0 aliphatic carbocycles. The summed E-state index contributed by atoms with van der Waals surface area (Å²) in [5, 5.41) is 30.3. The Hall–Kier alpha value is -16.0. The van der Waals surface area contributed by atoms with Gasteiger partial charge in [0.2, 0.25) is 0 Å². The standard InChI is InChI=1S/C122H94N8/c1-71-41-72(2)50-95(49-71)86-31-37-111-105(59-86)106-62-89(32-38-112(106)127(111)117-69-125-119(65-103(117)90-21-17-19-84(57-90)67-123)129-113-39-33-87(96-51-73(3)42-74(4)52-96)60-107(113)108-61-88(34-40-114(108)129)97-53-75(5)43-76(6)54-97)98-55-79(9)47-83(56-98)27-28-92-48-78(8)46-82(12)122(92)94-30-36-101-99-23-13-15-25-109(99)128(115(101)64-94)118-70-126-120(66-104(118)91-22-18-20-85(58-91)68-124)130-110-26-16-14-24-100(110)102-35-29-93(63-116(102)130)121-80(10)44-77(7)45-81(121)11/h13-26,29-66,69-70H,27-28H2,1-12H3. The van der Waals surface area contributed by atoms with E-state index in [2.05, 4.69) is 405 Å². The molecule has 130 heavy (non-hydrogen) atoms. The number of para-hydroxylation sites is 2. The van der Waals surface area contributed by atoms with Gasteiger partial charge in [-0.2, -0.15) is 10.5 Å². The highest BCUT2D eigenvalue weighted by Crippen LogP contribution is 2.47. The Balaban J connectivity index is 0.654. The molecule has 0 bridgehead atoms. The van der Waals surface area contributed by atoms with Crippen molar-refractivity contribution in [3.05, 3.63) is 417 Å². The Morgan fingerprint density at radius 2 is 0.569 bits per heavy atom. The van der Waals surface area contributed by atoms with E-state index in [1.165, 1.54) is 106 Å². The first-order chi connectivity index (χ1) is 63.2. The molecule has 6 heterocycles. The van der Waals surface area contributed by atoms with Crippen LogP contribution in [0.2, 0.25) is 0 Å². The first-order valence-corrected chi connectivity index (χ1v) is 45.0. The van der Waals surface area contributed by atoms with E-state index in [0.717, 1.165) is 184 Å². The molecule has 22 rings (SSSR count). The summed E-state index contributed by atoms with van der Waals surface area (Å²) in [6, 6.07) is 121. The zero-order valence-electron chi connectivity index (χ0n) is 75.2. The van der Waals surface area contributed by atoms with Crippen LogP contribution in [0.3, 0.4) is 0 Å². The third-order valence-corrected chi connectivity index (χ3v) is 26.8. The largest absolute Gasteiger partial charge is 0.307 e. The molecule has 0 aliphatic heterocycles. The Labute approximate surface area is 757 Å². The topological polar surface area (TPSA) is 93.1 Å². The van der Waals surface area contributed by atoms with Crippen LogP contribution in [0.5, 0.6) is 0 Å². The highest BCUT2D eigenvalue weighted by molar-refractivity contribution is 6.16. The van der Waals surface area contributed by atoms with Gasteiger partial charge < -0.3 is 9.13 Å². The maximum Gasteiger partial charge on any atom is 0.138 e. The smallest absolute Gasteiger partial charge is 0.138 e. The number of hydrogen-bond acceptors (Lipinski definition) is 4. The van der Waals surface area contributed by atoms with Crippen molar-refractivity contribution in [2.45, 2.75) is 95.9 Å². The third kappa shape index (κ3) is 13.9. The maximum atomic E-state index is 10.7. The molecule has 0 N–H and O–H groups in total. The van der Waals surface area contributed by atoms with Crippen molar-refractivity contribution < 1.29 is 0 Å². The van der Waals surface area contributed by atoms with Crippen LogP contribution >= 0.6 is 0 Å². The molecule has 0 radical (unpaired) electrons. The Kier molecular flexibility index (Phi) is 19.4. The number of hydrogen-bond donors (Lipinski definition) is 0. The van der Waals surface area contributed by atoms with Crippen molar-refractivity contribution in [1.29, 1.82) is 10.5 Å². The monoisotopic (exact) mass is 1670 g/mol. The highest BCUT2D eigenvalue weighted by Gasteiger charge is 2.27. The van der Waals surface area contributed by atoms with E-state index in [-0.39, 0.29) is 0 Å². The lowest BCUT2D eigenvalue weighted by atomic mass is 9.89. The lowest BCUT2D eigenvalue weighted by Crippen LogP contribution is -2.04. The van der Waals surface area contributed by atoms with Gasteiger partial charge in [0, 0.05) is 54.2 Å². The fourth-order valence-electron chi connectivity index (χ4n) is 21.7. The zero-order valence-corrected chi connectivity index (χ0v) is 75.2. The number of nitriles is 2. The van der Waals surface area contributed by atoms with Crippen LogP contribution in [0.15, 0.2) is 328 Å². The molecule has 0 unspecified atom stereocenters. The van der Waals surface area contributed by atoms with Crippen LogP contribution in [-0.2, 0) is 12.8 Å². The van der Waals surface area contributed by atoms with Crippen LogP contribution in [0.1, 0.15) is 89.0 Å². The molecule has 6 aromatic heterocycles. The van der Waals surface area contributed by atoms with Crippen molar-refractivity contribution in [3.63, 3.8) is 0 Å². The number of aryl methyl sites for hydroxylation is 14. The average molecular weight is 1670 g/mol. The summed E-state index contributed by atoms with van der Waals surface area (Å²) in [6.07, 6.45) is 5.74. The van der Waals surface area contributed by atoms with Crippen molar-refractivity contribution in [1.82, 2.24) is 28.2 Å². The Morgan fingerprint density at radius 1 is 0.231 bits per heavy atom.